The summed E-state index contributed by atoms with van der Waals surface area (Å²) >= 11 is 3.07. The molecule has 1 unspecified atom stereocenters. The highest BCUT2D eigenvalue weighted by Crippen LogP contribution is 2.37. The zero-order valence-corrected chi connectivity index (χ0v) is 12.5. The second kappa shape index (κ2) is 6.72. The molecule has 1 atom stereocenters. The van der Waals surface area contributed by atoms with Crippen molar-refractivity contribution in [1.82, 2.24) is 5.43 Å². The summed E-state index contributed by atoms with van der Waals surface area (Å²) in [5, 5.41) is 0. The molecule has 0 saturated carbocycles. The maximum Gasteiger partial charge on any atom is 0.416 e. The number of alkyl halides is 3. The van der Waals surface area contributed by atoms with Gasteiger partial charge in [-0.1, -0.05) is 35.8 Å². The molecule has 0 aliphatic rings. The molecule has 1 aromatic rings. The summed E-state index contributed by atoms with van der Waals surface area (Å²) in [6.45, 7) is 4.06. The number of nitrogens with one attached hydrogen (secondary N) is 1. The molecule has 0 aliphatic carbocycles. The summed E-state index contributed by atoms with van der Waals surface area (Å²) in [6, 6.07) is 3.67. The first-order valence-electron chi connectivity index (χ1n) is 6.08. The lowest BCUT2D eigenvalue weighted by atomic mass is 9.94. The molecule has 0 saturated heterocycles. The molecule has 0 aliphatic heterocycles. The second-order valence-electron chi connectivity index (χ2n) is 4.92. The highest BCUT2D eigenvalue weighted by molar-refractivity contribution is 9.10. The Hall–Kier alpha value is -0.590. The van der Waals surface area contributed by atoms with Gasteiger partial charge in [-0.25, -0.2) is 0 Å². The van der Waals surface area contributed by atoms with E-state index in [0.717, 1.165) is 12.5 Å². The first-order valence-corrected chi connectivity index (χ1v) is 6.87. The van der Waals surface area contributed by atoms with Crippen LogP contribution < -0.4 is 11.3 Å². The molecule has 19 heavy (non-hydrogen) atoms. The van der Waals surface area contributed by atoms with Crippen LogP contribution in [0.5, 0.6) is 0 Å². The number of hydrazine groups is 1. The van der Waals surface area contributed by atoms with E-state index < -0.39 is 17.8 Å². The van der Waals surface area contributed by atoms with Gasteiger partial charge in [-0.3, -0.25) is 11.3 Å². The molecule has 2 nitrogen and oxygen atoms in total. The maximum atomic E-state index is 13.0. The fraction of sp³-hybridized carbons (Fsp3) is 0.538. The van der Waals surface area contributed by atoms with E-state index in [0.29, 0.717) is 16.8 Å². The van der Waals surface area contributed by atoms with Crippen LogP contribution in [0, 0.1) is 5.92 Å². The number of halogens is 4. The van der Waals surface area contributed by atoms with Crippen molar-refractivity contribution < 1.29 is 13.2 Å². The lowest BCUT2D eigenvalue weighted by Gasteiger charge is -2.22. The van der Waals surface area contributed by atoms with Gasteiger partial charge in [0.05, 0.1) is 5.56 Å². The Bertz CT molecular complexity index is 419. The molecule has 108 valence electrons. The van der Waals surface area contributed by atoms with E-state index in [1.807, 2.05) is 13.8 Å². The smallest absolute Gasteiger partial charge is 0.271 e. The predicted molar refractivity (Wildman–Crippen MR) is 73.3 cm³/mol. The van der Waals surface area contributed by atoms with Crippen molar-refractivity contribution in [2.75, 3.05) is 0 Å². The predicted octanol–water partition coefficient (Wildman–Crippen LogP) is 4.41. The molecule has 0 amide bonds. The van der Waals surface area contributed by atoms with Gasteiger partial charge in [0.2, 0.25) is 0 Å². The largest absolute Gasteiger partial charge is 0.416 e. The Morgan fingerprint density at radius 3 is 2.37 bits per heavy atom. The molecule has 0 aromatic heterocycles. The maximum absolute atomic E-state index is 13.0. The Morgan fingerprint density at radius 2 is 1.89 bits per heavy atom. The van der Waals surface area contributed by atoms with Crippen LogP contribution >= 0.6 is 15.9 Å². The first-order chi connectivity index (χ1) is 8.75. The monoisotopic (exact) mass is 338 g/mol. The topological polar surface area (TPSA) is 38.0 Å². The standard InChI is InChI=1S/C13H18BrF3N2/c1-8(2)3-6-12(19-18)10-5-4-9(14)7-11(10)13(15,16)17/h4-5,7-8,12,19H,3,6,18H2,1-2H3. The summed E-state index contributed by atoms with van der Waals surface area (Å²) < 4.78 is 39.5. The molecule has 6 heteroatoms. The molecule has 1 aromatic carbocycles. The highest BCUT2D eigenvalue weighted by Gasteiger charge is 2.35. The number of nitrogens with two attached hydrogens (primary N) is 1. The number of benzene rings is 1. The van der Waals surface area contributed by atoms with E-state index in [1.54, 1.807) is 6.07 Å². The van der Waals surface area contributed by atoms with Crippen molar-refractivity contribution in [3.05, 3.63) is 33.8 Å². The van der Waals surface area contributed by atoms with Crippen LogP contribution in [0.25, 0.3) is 0 Å². The number of hydrogen-bond acceptors (Lipinski definition) is 2. The third kappa shape index (κ3) is 4.78. The Balaban J connectivity index is 3.09. The summed E-state index contributed by atoms with van der Waals surface area (Å²) in [4.78, 5) is 0. The average Bonchev–Trinajstić information content (AvgIpc) is 2.29. The van der Waals surface area contributed by atoms with Crippen LogP contribution in [0.4, 0.5) is 13.2 Å². The molecule has 0 bridgehead atoms. The van der Waals surface area contributed by atoms with Crippen LogP contribution in [0.15, 0.2) is 22.7 Å². The zero-order valence-electron chi connectivity index (χ0n) is 10.9. The number of hydrogen-bond donors (Lipinski definition) is 2. The van der Waals surface area contributed by atoms with Crippen molar-refractivity contribution in [1.29, 1.82) is 0 Å². The Kier molecular flexibility index (Phi) is 5.82. The van der Waals surface area contributed by atoms with Crippen LogP contribution in [0.2, 0.25) is 0 Å². The van der Waals surface area contributed by atoms with E-state index in [1.165, 1.54) is 6.07 Å². The van der Waals surface area contributed by atoms with Gasteiger partial charge in [-0.05, 0) is 36.5 Å². The van der Waals surface area contributed by atoms with Crippen LogP contribution in [0.1, 0.15) is 43.9 Å². The second-order valence-corrected chi connectivity index (χ2v) is 5.84. The number of rotatable bonds is 5. The highest BCUT2D eigenvalue weighted by atomic mass is 79.9. The van der Waals surface area contributed by atoms with Gasteiger partial charge in [0.25, 0.3) is 0 Å². The quantitative estimate of drug-likeness (QED) is 0.616. The molecule has 0 heterocycles. The SMILES string of the molecule is CC(C)CCC(NN)c1ccc(Br)cc1C(F)(F)F. The normalized spacial score (nSPS) is 13.9. The molecule has 0 fully saturated rings. The minimum atomic E-state index is -4.38. The fourth-order valence-corrected chi connectivity index (χ4v) is 2.27. The molecular formula is C13H18BrF3N2. The van der Waals surface area contributed by atoms with Gasteiger partial charge in [0.1, 0.15) is 0 Å². The minimum absolute atomic E-state index is 0.193. The molecule has 0 radical (unpaired) electrons. The Morgan fingerprint density at radius 1 is 1.26 bits per heavy atom. The van der Waals surface area contributed by atoms with Crippen molar-refractivity contribution in [2.45, 2.75) is 38.9 Å². The van der Waals surface area contributed by atoms with Crippen LogP contribution in [-0.4, -0.2) is 0 Å². The van der Waals surface area contributed by atoms with Crippen LogP contribution in [-0.2, 0) is 6.18 Å². The summed E-state index contributed by atoms with van der Waals surface area (Å²) in [6.07, 6.45) is -3.01. The summed E-state index contributed by atoms with van der Waals surface area (Å²) in [5.41, 5.74) is 2.04. The van der Waals surface area contributed by atoms with E-state index in [9.17, 15) is 13.2 Å². The first kappa shape index (κ1) is 16.5. The minimum Gasteiger partial charge on any atom is -0.271 e. The lowest BCUT2D eigenvalue weighted by Crippen LogP contribution is -2.30. The molecule has 0 spiro atoms. The van der Waals surface area contributed by atoms with Gasteiger partial charge in [-0.15, -0.1) is 0 Å². The van der Waals surface area contributed by atoms with Gasteiger partial charge < -0.3 is 0 Å². The fourth-order valence-electron chi connectivity index (χ4n) is 1.91. The molecular weight excluding hydrogens is 321 g/mol. The third-order valence-electron chi connectivity index (χ3n) is 2.93. The zero-order chi connectivity index (χ0) is 14.6. The Labute approximate surface area is 119 Å². The van der Waals surface area contributed by atoms with E-state index in [4.69, 9.17) is 5.84 Å². The van der Waals surface area contributed by atoms with Crippen LogP contribution in [0.3, 0.4) is 0 Å². The van der Waals surface area contributed by atoms with Gasteiger partial charge in [0, 0.05) is 10.5 Å². The van der Waals surface area contributed by atoms with Gasteiger partial charge in [-0.2, -0.15) is 13.2 Å². The van der Waals surface area contributed by atoms with Crippen molar-refractivity contribution >= 4 is 15.9 Å². The van der Waals surface area contributed by atoms with E-state index >= 15 is 0 Å². The summed E-state index contributed by atoms with van der Waals surface area (Å²) in [5.74, 6) is 5.83. The van der Waals surface area contributed by atoms with Gasteiger partial charge >= 0.3 is 6.18 Å². The van der Waals surface area contributed by atoms with E-state index in [2.05, 4.69) is 21.4 Å². The van der Waals surface area contributed by atoms with Crippen molar-refractivity contribution in [3.8, 4) is 0 Å². The molecule has 1 rings (SSSR count). The summed E-state index contributed by atoms with van der Waals surface area (Å²) in [7, 11) is 0. The van der Waals surface area contributed by atoms with Gasteiger partial charge in [0.15, 0.2) is 0 Å². The lowest BCUT2D eigenvalue weighted by molar-refractivity contribution is -0.138. The molecule has 3 N–H and O–H groups in total. The van der Waals surface area contributed by atoms with E-state index in [-0.39, 0.29) is 5.56 Å². The van der Waals surface area contributed by atoms with Crippen molar-refractivity contribution in [2.24, 2.45) is 11.8 Å². The average molecular weight is 339 g/mol. The van der Waals surface area contributed by atoms with Crippen molar-refractivity contribution in [3.63, 3.8) is 0 Å². The third-order valence-corrected chi connectivity index (χ3v) is 3.42.